The highest BCUT2D eigenvalue weighted by Gasteiger charge is 2.25. The summed E-state index contributed by atoms with van der Waals surface area (Å²) in [4.78, 5) is 15.5. The lowest BCUT2D eigenvalue weighted by Gasteiger charge is -2.17. The first-order chi connectivity index (χ1) is 8.81. The molecule has 114 valence electrons. The van der Waals surface area contributed by atoms with E-state index in [-0.39, 0.29) is 4.21 Å². The molecule has 1 N–H and O–H groups in total. The van der Waals surface area contributed by atoms with Crippen molar-refractivity contribution in [3.63, 3.8) is 0 Å². The second-order valence-electron chi connectivity index (χ2n) is 5.57. The van der Waals surface area contributed by atoms with E-state index in [9.17, 15) is 14.1 Å². The van der Waals surface area contributed by atoms with E-state index in [2.05, 4.69) is 9.35 Å². The average molecular weight is 341 g/mol. The molecule has 0 radical (unpaired) electrons. The minimum Gasteiger partial charge on any atom is -0.442 e. The highest BCUT2D eigenvalue weighted by atomic mass is 35.7. The molecule has 0 spiro atoms. The summed E-state index contributed by atoms with van der Waals surface area (Å²) in [5, 5.41) is 10.1. The average Bonchev–Trinajstić information content (AvgIpc) is 2.60. The maximum absolute atomic E-state index is 12.2. The van der Waals surface area contributed by atoms with Crippen LogP contribution in [0.2, 0.25) is 0 Å². The number of hydrogen-bond acceptors (Lipinski definition) is 6. The van der Waals surface area contributed by atoms with Crippen molar-refractivity contribution in [1.82, 2.24) is 4.98 Å². The van der Waals surface area contributed by atoms with Crippen LogP contribution in [0.5, 0.6) is 0 Å². The molecular formula is C11H17ClN2O4S2. The van der Waals surface area contributed by atoms with Gasteiger partial charge in [0.2, 0.25) is 0 Å². The van der Waals surface area contributed by atoms with Gasteiger partial charge in [0.1, 0.15) is 20.4 Å². The Balaban J connectivity index is 3.08. The van der Waals surface area contributed by atoms with Crippen molar-refractivity contribution in [2.75, 3.05) is 0 Å². The Morgan fingerprint density at radius 2 is 2.00 bits per heavy atom. The molecule has 1 aromatic rings. The summed E-state index contributed by atoms with van der Waals surface area (Å²) < 4.78 is 20.6. The van der Waals surface area contributed by atoms with E-state index in [1.54, 1.807) is 20.8 Å². The van der Waals surface area contributed by atoms with Crippen LogP contribution in [-0.2, 0) is 19.3 Å². The van der Waals surface area contributed by atoms with Gasteiger partial charge >= 0.3 is 6.09 Å². The molecular weight excluding hydrogens is 324 g/mol. The quantitative estimate of drug-likeness (QED) is 0.834. The summed E-state index contributed by atoms with van der Waals surface area (Å²) in [7, 11) is 2.34. The minimum atomic E-state index is -3.45. The number of thiazole rings is 1. The topological polar surface area (TPSA) is 88.9 Å². The monoisotopic (exact) mass is 340 g/mol. The largest absolute Gasteiger partial charge is 0.443 e. The summed E-state index contributed by atoms with van der Waals surface area (Å²) in [5.41, 5.74) is -1.93. The summed E-state index contributed by atoms with van der Waals surface area (Å²) in [6.45, 7) is 8.06. The molecule has 1 atom stereocenters. The molecule has 1 amide bonds. The van der Waals surface area contributed by atoms with Crippen LogP contribution in [0.4, 0.5) is 4.79 Å². The van der Waals surface area contributed by atoms with Gasteiger partial charge in [0, 0.05) is 10.7 Å². The van der Waals surface area contributed by atoms with Gasteiger partial charge in [-0.15, -0.1) is 15.7 Å². The Hall–Kier alpha value is -0.700. The van der Waals surface area contributed by atoms with Crippen LogP contribution >= 0.6 is 22.0 Å². The third-order valence-electron chi connectivity index (χ3n) is 1.84. The van der Waals surface area contributed by atoms with E-state index in [0.29, 0.717) is 5.01 Å². The van der Waals surface area contributed by atoms with Gasteiger partial charge in [0.15, 0.2) is 8.94 Å². The molecule has 20 heavy (non-hydrogen) atoms. The Kier molecular flexibility index (Phi) is 4.85. The van der Waals surface area contributed by atoms with Gasteiger partial charge in [-0.2, -0.15) is 0 Å². The molecule has 6 nitrogen and oxygen atoms in total. The molecule has 0 aliphatic heterocycles. The summed E-state index contributed by atoms with van der Waals surface area (Å²) in [6, 6.07) is 0. The number of aliphatic hydroxyl groups is 1. The lowest BCUT2D eigenvalue weighted by atomic mass is 10.2. The van der Waals surface area contributed by atoms with E-state index in [0.717, 1.165) is 11.3 Å². The normalized spacial score (nSPS) is 15.6. The molecule has 1 rings (SSSR count). The number of amides is 1. The number of halogens is 1. The van der Waals surface area contributed by atoms with Crippen molar-refractivity contribution in [3.8, 4) is 0 Å². The fourth-order valence-corrected chi connectivity index (χ4v) is 3.56. The maximum atomic E-state index is 12.2. The summed E-state index contributed by atoms with van der Waals surface area (Å²) >= 11 is 0.937. The number of aromatic nitrogens is 1. The van der Waals surface area contributed by atoms with Crippen molar-refractivity contribution in [1.29, 1.82) is 0 Å². The molecule has 0 aliphatic rings. The van der Waals surface area contributed by atoms with E-state index in [1.165, 1.54) is 20.0 Å². The Morgan fingerprint density at radius 1 is 1.45 bits per heavy atom. The highest BCUT2D eigenvalue weighted by Crippen LogP contribution is 2.30. The van der Waals surface area contributed by atoms with E-state index in [4.69, 9.17) is 15.4 Å². The Morgan fingerprint density at radius 3 is 2.40 bits per heavy atom. The zero-order chi connectivity index (χ0) is 15.8. The maximum Gasteiger partial charge on any atom is 0.443 e. The lowest BCUT2D eigenvalue weighted by Crippen LogP contribution is -2.22. The van der Waals surface area contributed by atoms with Gasteiger partial charge in [-0.3, -0.25) is 0 Å². The first-order valence-electron chi connectivity index (χ1n) is 5.70. The fourth-order valence-electron chi connectivity index (χ4n) is 1.08. The van der Waals surface area contributed by atoms with Crippen molar-refractivity contribution in [2.45, 2.75) is 50.0 Å². The zero-order valence-corrected chi connectivity index (χ0v) is 14.2. The standard InChI is InChI=1S/C11H17ClN2O4S2/c1-10(2,3)18-9(15)14-20(12,17)7-6-13-8(19-7)11(4,5)16/h6,16H,1-5H3. The molecule has 9 heteroatoms. The molecule has 1 aromatic heterocycles. The molecule has 0 saturated heterocycles. The molecule has 0 aromatic carbocycles. The van der Waals surface area contributed by atoms with Gasteiger partial charge in [0.25, 0.3) is 0 Å². The molecule has 1 unspecified atom stereocenters. The van der Waals surface area contributed by atoms with Crippen LogP contribution in [0.25, 0.3) is 0 Å². The number of rotatable bonds is 2. The Bertz CT molecular complexity index is 619. The van der Waals surface area contributed by atoms with Crippen molar-refractivity contribution in [3.05, 3.63) is 11.2 Å². The number of carbonyl (C=O) groups is 1. The number of hydrogen-bond donors (Lipinski definition) is 1. The molecule has 0 fully saturated rings. The third-order valence-corrected chi connectivity index (χ3v) is 5.84. The highest BCUT2D eigenvalue weighted by molar-refractivity contribution is 8.17. The summed E-state index contributed by atoms with van der Waals surface area (Å²) in [5.74, 6) is 0. The predicted molar refractivity (Wildman–Crippen MR) is 78.3 cm³/mol. The van der Waals surface area contributed by atoms with Gasteiger partial charge < -0.3 is 9.84 Å². The SMILES string of the molecule is CC(C)(C)OC(=O)N=S(=O)(Cl)c1cnc(C(C)(C)O)s1. The number of nitrogens with zero attached hydrogens (tertiary/aromatic N) is 2. The number of carbonyl (C=O) groups excluding carboxylic acids is 1. The van der Waals surface area contributed by atoms with E-state index < -0.39 is 26.2 Å². The minimum absolute atomic E-state index is 0.0992. The van der Waals surface area contributed by atoms with Crippen LogP contribution in [0.3, 0.4) is 0 Å². The van der Waals surface area contributed by atoms with Gasteiger partial charge in [-0.1, -0.05) is 0 Å². The summed E-state index contributed by atoms with van der Waals surface area (Å²) in [6.07, 6.45) is 0.233. The molecule has 0 aliphatic carbocycles. The third kappa shape index (κ3) is 5.01. The van der Waals surface area contributed by atoms with Gasteiger partial charge in [-0.05, 0) is 34.6 Å². The first kappa shape index (κ1) is 17.4. The van der Waals surface area contributed by atoms with E-state index >= 15 is 0 Å². The van der Waals surface area contributed by atoms with Crippen molar-refractivity contribution in [2.24, 2.45) is 4.36 Å². The molecule has 1 heterocycles. The van der Waals surface area contributed by atoms with Crippen LogP contribution in [0.1, 0.15) is 39.6 Å². The fraction of sp³-hybridized carbons (Fsp3) is 0.636. The van der Waals surface area contributed by atoms with Gasteiger partial charge in [0.05, 0.1) is 6.20 Å². The Labute approximate surface area is 126 Å². The van der Waals surface area contributed by atoms with Crippen molar-refractivity contribution >= 4 is 37.1 Å². The zero-order valence-electron chi connectivity index (χ0n) is 11.8. The predicted octanol–water partition coefficient (Wildman–Crippen LogP) is 3.29. The van der Waals surface area contributed by atoms with E-state index in [1.807, 2.05) is 0 Å². The van der Waals surface area contributed by atoms with Crippen LogP contribution < -0.4 is 0 Å². The smallest absolute Gasteiger partial charge is 0.442 e. The lowest BCUT2D eigenvalue weighted by molar-refractivity contribution is 0.0607. The first-order valence-corrected chi connectivity index (χ1v) is 8.85. The van der Waals surface area contributed by atoms with Crippen LogP contribution in [0, 0.1) is 0 Å². The van der Waals surface area contributed by atoms with Crippen molar-refractivity contribution < 1.29 is 18.8 Å². The van der Waals surface area contributed by atoms with Crippen LogP contribution in [0.15, 0.2) is 14.8 Å². The second kappa shape index (κ2) is 5.59. The molecule has 0 saturated carbocycles. The number of ether oxygens (including phenoxy) is 1. The van der Waals surface area contributed by atoms with Crippen LogP contribution in [-0.4, -0.2) is 26.0 Å². The van der Waals surface area contributed by atoms with Gasteiger partial charge in [-0.25, -0.2) is 14.0 Å². The second-order valence-corrected chi connectivity index (χ2v) is 9.66. The molecule has 0 bridgehead atoms.